The van der Waals surface area contributed by atoms with E-state index < -0.39 is 0 Å². The smallest absolute Gasteiger partial charge is 0.319 e. The summed E-state index contributed by atoms with van der Waals surface area (Å²) in [5.41, 5.74) is 1.84. The number of rotatable bonds is 4. The molecule has 0 spiro atoms. The molecule has 23 heavy (non-hydrogen) atoms. The van der Waals surface area contributed by atoms with Gasteiger partial charge in [0.2, 0.25) is 0 Å². The first-order valence-corrected chi connectivity index (χ1v) is 8.38. The number of fused-ring (bicyclic) bond motifs is 1. The van der Waals surface area contributed by atoms with E-state index in [2.05, 4.69) is 22.7 Å². The monoisotopic (exact) mass is 314 g/mol. The van der Waals surface area contributed by atoms with E-state index in [1.165, 1.54) is 12.8 Å². The second-order valence-electron chi connectivity index (χ2n) is 6.63. The van der Waals surface area contributed by atoms with E-state index in [0.717, 1.165) is 42.2 Å². The van der Waals surface area contributed by atoms with Crippen LogP contribution < -0.4 is 10.6 Å². The number of anilines is 1. The summed E-state index contributed by atoms with van der Waals surface area (Å²) in [4.78, 5) is 12.2. The Hall–Kier alpha value is -2.24. The van der Waals surface area contributed by atoms with Crippen LogP contribution in [0.15, 0.2) is 29.1 Å². The van der Waals surface area contributed by atoms with Gasteiger partial charge in [-0.1, -0.05) is 0 Å². The Labute approximate surface area is 135 Å². The maximum absolute atomic E-state index is 12.2. The van der Waals surface area contributed by atoms with Crippen molar-refractivity contribution in [1.29, 1.82) is 0 Å². The highest BCUT2D eigenvalue weighted by Gasteiger charge is 2.29. The summed E-state index contributed by atoms with van der Waals surface area (Å²) < 4.78 is 7.41. The SMILES string of the molecule is C[C@H](C1CC1)n1cc(NC(=O)N[C@@H]2CCCc3occc32)cn1. The molecule has 2 aliphatic rings. The van der Waals surface area contributed by atoms with Crippen molar-refractivity contribution < 1.29 is 9.21 Å². The lowest BCUT2D eigenvalue weighted by atomic mass is 9.93. The zero-order valence-corrected chi connectivity index (χ0v) is 13.3. The summed E-state index contributed by atoms with van der Waals surface area (Å²) in [6.07, 6.45) is 10.8. The molecule has 6 nitrogen and oxygen atoms in total. The standard InChI is InChI=1S/C17H22N4O2/c1-11(12-5-6-12)21-10-13(9-18-21)19-17(22)20-15-3-2-4-16-14(15)7-8-23-16/h7-12,15H,2-6H2,1H3,(H2,19,20,22)/t11-,15-/m1/s1. The number of nitrogens with zero attached hydrogens (tertiary/aromatic N) is 2. The van der Waals surface area contributed by atoms with Gasteiger partial charge in [0.15, 0.2) is 0 Å². The number of aromatic nitrogens is 2. The summed E-state index contributed by atoms with van der Waals surface area (Å²) in [6.45, 7) is 2.18. The van der Waals surface area contributed by atoms with Crippen molar-refractivity contribution >= 4 is 11.7 Å². The van der Waals surface area contributed by atoms with Crippen molar-refractivity contribution in [1.82, 2.24) is 15.1 Å². The van der Waals surface area contributed by atoms with Gasteiger partial charge in [-0.2, -0.15) is 5.10 Å². The molecule has 2 aliphatic carbocycles. The molecule has 0 aliphatic heterocycles. The van der Waals surface area contributed by atoms with Gasteiger partial charge >= 0.3 is 6.03 Å². The van der Waals surface area contributed by atoms with E-state index in [4.69, 9.17) is 4.42 Å². The fourth-order valence-corrected chi connectivity index (χ4v) is 3.38. The summed E-state index contributed by atoms with van der Waals surface area (Å²) >= 11 is 0. The van der Waals surface area contributed by atoms with E-state index in [9.17, 15) is 4.79 Å². The van der Waals surface area contributed by atoms with Gasteiger partial charge in [0, 0.05) is 18.2 Å². The molecule has 122 valence electrons. The van der Waals surface area contributed by atoms with Crippen molar-refractivity contribution in [3.63, 3.8) is 0 Å². The number of nitrogens with one attached hydrogen (secondary N) is 2. The summed E-state index contributed by atoms with van der Waals surface area (Å²) in [6, 6.07) is 2.19. The highest BCUT2D eigenvalue weighted by atomic mass is 16.3. The van der Waals surface area contributed by atoms with Crippen molar-refractivity contribution in [2.45, 2.75) is 51.1 Å². The average molecular weight is 314 g/mol. The van der Waals surface area contributed by atoms with Gasteiger partial charge in [0.1, 0.15) is 5.76 Å². The Kier molecular flexibility index (Phi) is 3.59. The second-order valence-corrected chi connectivity index (χ2v) is 6.63. The number of hydrogen-bond acceptors (Lipinski definition) is 3. The minimum Gasteiger partial charge on any atom is -0.469 e. The minimum atomic E-state index is -0.192. The molecule has 1 saturated carbocycles. The molecule has 0 unspecified atom stereocenters. The molecule has 2 heterocycles. The molecule has 0 radical (unpaired) electrons. The number of aryl methyl sites for hydroxylation is 1. The Morgan fingerprint density at radius 1 is 1.43 bits per heavy atom. The fraction of sp³-hybridized carbons (Fsp3) is 0.529. The number of amides is 2. The number of hydrogen-bond donors (Lipinski definition) is 2. The third-order valence-electron chi connectivity index (χ3n) is 4.94. The Balaban J connectivity index is 1.37. The number of furan rings is 1. The zero-order chi connectivity index (χ0) is 15.8. The van der Waals surface area contributed by atoms with Gasteiger partial charge in [0.05, 0.1) is 30.2 Å². The van der Waals surface area contributed by atoms with Crippen LogP contribution in [0, 0.1) is 5.92 Å². The predicted octanol–water partition coefficient (Wildman–Crippen LogP) is 3.65. The zero-order valence-electron chi connectivity index (χ0n) is 13.3. The first kappa shape index (κ1) is 14.4. The molecule has 0 saturated heterocycles. The van der Waals surface area contributed by atoms with Gasteiger partial charge < -0.3 is 15.1 Å². The van der Waals surface area contributed by atoms with Crippen LogP contribution in [0.2, 0.25) is 0 Å². The molecule has 2 amide bonds. The molecular weight excluding hydrogens is 292 g/mol. The molecular formula is C17H22N4O2. The maximum atomic E-state index is 12.2. The number of urea groups is 1. The molecule has 2 N–H and O–H groups in total. The van der Waals surface area contributed by atoms with Crippen LogP contribution in [0.3, 0.4) is 0 Å². The average Bonchev–Trinajstić information content (AvgIpc) is 3.08. The molecule has 0 bridgehead atoms. The first-order chi connectivity index (χ1) is 11.2. The molecule has 0 aromatic carbocycles. The van der Waals surface area contributed by atoms with Crippen molar-refractivity contribution in [3.8, 4) is 0 Å². The van der Waals surface area contributed by atoms with Crippen molar-refractivity contribution in [2.24, 2.45) is 5.92 Å². The minimum absolute atomic E-state index is 0.0259. The largest absolute Gasteiger partial charge is 0.469 e. The van der Waals surface area contributed by atoms with Crippen LogP contribution >= 0.6 is 0 Å². The Bertz CT molecular complexity index is 701. The normalized spacial score (nSPS) is 21.5. The van der Waals surface area contributed by atoms with Crippen LogP contribution in [0.4, 0.5) is 10.5 Å². The fourth-order valence-electron chi connectivity index (χ4n) is 3.38. The number of carbonyl (C=O) groups excluding carboxylic acids is 1. The van der Waals surface area contributed by atoms with Crippen molar-refractivity contribution in [2.75, 3.05) is 5.32 Å². The highest BCUT2D eigenvalue weighted by molar-refractivity contribution is 5.89. The Morgan fingerprint density at radius 3 is 3.13 bits per heavy atom. The van der Waals surface area contributed by atoms with Crippen LogP contribution in [-0.4, -0.2) is 15.8 Å². The van der Waals surface area contributed by atoms with Gasteiger partial charge in [-0.05, 0) is 44.6 Å². The van der Waals surface area contributed by atoms with Crippen LogP contribution in [-0.2, 0) is 6.42 Å². The van der Waals surface area contributed by atoms with E-state index >= 15 is 0 Å². The topological polar surface area (TPSA) is 72.1 Å². The van der Waals surface area contributed by atoms with Crippen LogP contribution in [0.5, 0.6) is 0 Å². The second kappa shape index (κ2) is 5.76. The van der Waals surface area contributed by atoms with Gasteiger partial charge in [-0.15, -0.1) is 0 Å². The van der Waals surface area contributed by atoms with Crippen molar-refractivity contribution in [3.05, 3.63) is 36.0 Å². The van der Waals surface area contributed by atoms with Crippen LogP contribution in [0.1, 0.15) is 56.0 Å². The molecule has 6 heteroatoms. The highest BCUT2D eigenvalue weighted by Crippen LogP contribution is 2.39. The van der Waals surface area contributed by atoms with E-state index in [-0.39, 0.29) is 12.1 Å². The molecule has 2 aromatic heterocycles. The lowest BCUT2D eigenvalue weighted by Gasteiger charge is -2.22. The lowest BCUT2D eigenvalue weighted by Crippen LogP contribution is -2.33. The third kappa shape index (κ3) is 2.98. The van der Waals surface area contributed by atoms with E-state index in [1.54, 1.807) is 12.5 Å². The molecule has 1 fully saturated rings. The van der Waals surface area contributed by atoms with E-state index in [1.807, 2.05) is 16.9 Å². The van der Waals surface area contributed by atoms with E-state index in [0.29, 0.717) is 6.04 Å². The van der Waals surface area contributed by atoms with Gasteiger partial charge in [-0.3, -0.25) is 4.68 Å². The molecule has 2 atom stereocenters. The summed E-state index contributed by atoms with van der Waals surface area (Å²) in [5.74, 6) is 1.73. The molecule has 4 rings (SSSR count). The predicted molar refractivity (Wildman–Crippen MR) is 86.2 cm³/mol. The third-order valence-corrected chi connectivity index (χ3v) is 4.94. The van der Waals surface area contributed by atoms with Gasteiger partial charge in [0.25, 0.3) is 0 Å². The summed E-state index contributed by atoms with van der Waals surface area (Å²) in [7, 11) is 0. The first-order valence-electron chi connectivity index (χ1n) is 8.38. The van der Waals surface area contributed by atoms with Gasteiger partial charge in [-0.25, -0.2) is 4.79 Å². The van der Waals surface area contributed by atoms with Crippen LogP contribution in [0.25, 0.3) is 0 Å². The lowest BCUT2D eigenvalue weighted by molar-refractivity contribution is 0.246. The quantitative estimate of drug-likeness (QED) is 0.905. The Morgan fingerprint density at radius 2 is 2.30 bits per heavy atom. The maximum Gasteiger partial charge on any atom is 0.319 e. The number of carbonyl (C=O) groups is 1. The molecule has 2 aromatic rings. The summed E-state index contributed by atoms with van der Waals surface area (Å²) in [5, 5.41) is 10.3.